The van der Waals surface area contributed by atoms with Gasteiger partial charge in [-0.15, -0.1) is 0 Å². The number of hydrogen-bond donors (Lipinski definition) is 1. The minimum Gasteiger partial charge on any atom is -0.462 e. The number of nitrogens with one attached hydrogen (secondary N) is 1. The normalized spacial score (nSPS) is 11.2. The summed E-state index contributed by atoms with van der Waals surface area (Å²) in [6.45, 7) is 8.49. The van der Waals surface area contributed by atoms with Crippen LogP contribution in [-0.2, 0) is 17.9 Å². The lowest BCUT2D eigenvalue weighted by Crippen LogP contribution is -2.21. The minimum absolute atomic E-state index is 0.481. The van der Waals surface area contributed by atoms with Gasteiger partial charge in [-0.1, -0.05) is 20.8 Å². The van der Waals surface area contributed by atoms with Crippen molar-refractivity contribution in [2.45, 2.75) is 46.4 Å². The molecule has 0 aliphatic rings. The molecule has 0 saturated heterocycles. The molecule has 0 spiro atoms. The predicted octanol–water partition coefficient (Wildman–Crippen LogP) is 2.70. The fourth-order valence-corrected chi connectivity index (χ4v) is 1.22. The number of rotatable bonds is 7. The zero-order valence-corrected chi connectivity index (χ0v) is 9.88. The van der Waals surface area contributed by atoms with Crippen LogP contribution in [0.3, 0.4) is 0 Å². The first kappa shape index (κ1) is 12.3. The first-order valence-corrected chi connectivity index (χ1v) is 5.61. The van der Waals surface area contributed by atoms with Gasteiger partial charge >= 0.3 is 0 Å². The second kappa shape index (κ2) is 6.64. The Hall–Kier alpha value is -0.800. The first-order chi connectivity index (χ1) is 7.22. The molecule has 1 heterocycles. The van der Waals surface area contributed by atoms with Crippen LogP contribution in [0, 0.1) is 0 Å². The van der Waals surface area contributed by atoms with E-state index in [1.54, 1.807) is 0 Å². The van der Waals surface area contributed by atoms with Crippen LogP contribution in [0.25, 0.3) is 0 Å². The second-order valence-electron chi connectivity index (χ2n) is 3.96. The van der Waals surface area contributed by atoms with E-state index in [2.05, 4.69) is 26.1 Å². The van der Waals surface area contributed by atoms with Gasteiger partial charge in [-0.2, -0.15) is 0 Å². The van der Waals surface area contributed by atoms with Gasteiger partial charge in [0.25, 0.3) is 0 Å². The molecule has 0 saturated carbocycles. The van der Waals surface area contributed by atoms with E-state index >= 15 is 0 Å². The maximum Gasteiger partial charge on any atom is 0.129 e. The van der Waals surface area contributed by atoms with Gasteiger partial charge in [0.1, 0.15) is 18.1 Å². The molecule has 1 rings (SSSR count). The third kappa shape index (κ3) is 5.00. The lowest BCUT2D eigenvalue weighted by molar-refractivity contribution is 0.106. The van der Waals surface area contributed by atoms with Gasteiger partial charge in [0.2, 0.25) is 0 Å². The highest BCUT2D eigenvalue weighted by molar-refractivity contribution is 5.06. The molecule has 0 amide bonds. The van der Waals surface area contributed by atoms with Crippen LogP contribution in [0.15, 0.2) is 16.5 Å². The summed E-state index contributed by atoms with van der Waals surface area (Å²) in [5.74, 6) is 1.88. The van der Waals surface area contributed by atoms with Gasteiger partial charge in [-0.25, -0.2) is 0 Å². The third-order valence-electron chi connectivity index (χ3n) is 1.99. The van der Waals surface area contributed by atoms with Crippen molar-refractivity contribution >= 4 is 0 Å². The molecule has 0 unspecified atom stereocenters. The Balaban J connectivity index is 2.29. The van der Waals surface area contributed by atoms with Gasteiger partial charge < -0.3 is 14.5 Å². The molecule has 0 aliphatic heterocycles. The minimum atomic E-state index is 0.481. The molecule has 1 N–H and O–H groups in total. The number of hydrogen-bond acceptors (Lipinski definition) is 3. The lowest BCUT2D eigenvalue weighted by Gasteiger charge is -2.05. The van der Waals surface area contributed by atoms with E-state index in [9.17, 15) is 0 Å². The number of ether oxygens (including phenoxy) is 1. The summed E-state index contributed by atoms with van der Waals surface area (Å²) in [5.41, 5.74) is 0. The molecule has 1 aromatic heterocycles. The van der Waals surface area contributed by atoms with Crippen molar-refractivity contribution in [2.75, 3.05) is 6.61 Å². The Labute approximate surface area is 91.8 Å². The number of furan rings is 1. The van der Waals surface area contributed by atoms with Gasteiger partial charge in [0.15, 0.2) is 0 Å². The Kier molecular flexibility index (Phi) is 5.43. The van der Waals surface area contributed by atoms with Crippen molar-refractivity contribution in [2.24, 2.45) is 0 Å². The van der Waals surface area contributed by atoms with E-state index in [1.807, 2.05) is 12.1 Å². The van der Waals surface area contributed by atoms with E-state index < -0.39 is 0 Å². The van der Waals surface area contributed by atoms with Crippen LogP contribution in [0.2, 0.25) is 0 Å². The van der Waals surface area contributed by atoms with Crippen molar-refractivity contribution in [1.29, 1.82) is 0 Å². The highest BCUT2D eigenvalue weighted by Crippen LogP contribution is 2.09. The molecule has 0 aliphatic carbocycles. The van der Waals surface area contributed by atoms with Crippen LogP contribution in [0.1, 0.15) is 38.7 Å². The molecule has 0 atom stereocenters. The van der Waals surface area contributed by atoms with E-state index in [0.29, 0.717) is 12.6 Å². The Morgan fingerprint density at radius 2 is 2.07 bits per heavy atom. The maximum absolute atomic E-state index is 5.59. The molecule has 0 bridgehead atoms. The van der Waals surface area contributed by atoms with Crippen LogP contribution >= 0.6 is 0 Å². The molecule has 1 aromatic rings. The summed E-state index contributed by atoms with van der Waals surface area (Å²) >= 11 is 0. The Morgan fingerprint density at radius 3 is 2.73 bits per heavy atom. The van der Waals surface area contributed by atoms with E-state index in [1.165, 1.54) is 0 Å². The SMILES string of the molecule is CCCOCc1ccc(CNC(C)C)o1. The summed E-state index contributed by atoms with van der Waals surface area (Å²) in [6.07, 6.45) is 1.04. The highest BCUT2D eigenvalue weighted by atomic mass is 16.5. The second-order valence-corrected chi connectivity index (χ2v) is 3.96. The first-order valence-electron chi connectivity index (χ1n) is 5.61. The van der Waals surface area contributed by atoms with Gasteiger partial charge in [0.05, 0.1) is 6.54 Å². The summed E-state index contributed by atoms with van der Waals surface area (Å²) in [7, 11) is 0. The van der Waals surface area contributed by atoms with Crippen molar-refractivity contribution in [3.8, 4) is 0 Å². The van der Waals surface area contributed by atoms with Crippen LogP contribution in [0.4, 0.5) is 0 Å². The molecule has 86 valence electrons. The highest BCUT2D eigenvalue weighted by Gasteiger charge is 2.02. The topological polar surface area (TPSA) is 34.4 Å². The summed E-state index contributed by atoms with van der Waals surface area (Å²) < 4.78 is 11.0. The third-order valence-corrected chi connectivity index (χ3v) is 1.99. The monoisotopic (exact) mass is 211 g/mol. The molecule has 15 heavy (non-hydrogen) atoms. The fraction of sp³-hybridized carbons (Fsp3) is 0.667. The Bertz CT molecular complexity index is 268. The zero-order valence-electron chi connectivity index (χ0n) is 9.88. The lowest BCUT2D eigenvalue weighted by atomic mass is 10.3. The van der Waals surface area contributed by atoms with Crippen molar-refractivity contribution in [3.63, 3.8) is 0 Å². The van der Waals surface area contributed by atoms with Crippen molar-refractivity contribution in [3.05, 3.63) is 23.7 Å². The molecule has 0 fully saturated rings. The van der Waals surface area contributed by atoms with Crippen LogP contribution < -0.4 is 5.32 Å². The average Bonchev–Trinajstić information content (AvgIpc) is 2.63. The van der Waals surface area contributed by atoms with E-state index in [-0.39, 0.29) is 0 Å². The quantitative estimate of drug-likeness (QED) is 0.704. The van der Waals surface area contributed by atoms with Crippen LogP contribution in [0.5, 0.6) is 0 Å². The van der Waals surface area contributed by atoms with Gasteiger partial charge in [-0.3, -0.25) is 0 Å². The van der Waals surface area contributed by atoms with Gasteiger partial charge in [0, 0.05) is 12.6 Å². The molecule has 3 nitrogen and oxygen atoms in total. The molecular weight excluding hydrogens is 190 g/mol. The van der Waals surface area contributed by atoms with Crippen molar-refractivity contribution in [1.82, 2.24) is 5.32 Å². The average molecular weight is 211 g/mol. The smallest absolute Gasteiger partial charge is 0.129 e. The van der Waals surface area contributed by atoms with Crippen LogP contribution in [-0.4, -0.2) is 12.6 Å². The predicted molar refractivity (Wildman–Crippen MR) is 60.6 cm³/mol. The zero-order chi connectivity index (χ0) is 11.1. The fourth-order valence-electron chi connectivity index (χ4n) is 1.22. The molecule has 0 radical (unpaired) electrons. The summed E-state index contributed by atoms with van der Waals surface area (Å²) in [5, 5.41) is 3.31. The molecular formula is C12H21NO2. The van der Waals surface area contributed by atoms with Crippen molar-refractivity contribution < 1.29 is 9.15 Å². The maximum atomic E-state index is 5.59. The van der Waals surface area contributed by atoms with E-state index in [4.69, 9.17) is 9.15 Å². The summed E-state index contributed by atoms with van der Waals surface area (Å²) in [4.78, 5) is 0. The largest absolute Gasteiger partial charge is 0.462 e. The Morgan fingerprint density at radius 1 is 1.33 bits per heavy atom. The molecule has 0 aromatic carbocycles. The van der Waals surface area contributed by atoms with Gasteiger partial charge in [-0.05, 0) is 18.6 Å². The molecule has 3 heteroatoms. The van der Waals surface area contributed by atoms with E-state index in [0.717, 1.165) is 31.1 Å². The summed E-state index contributed by atoms with van der Waals surface area (Å²) in [6, 6.07) is 4.46. The standard InChI is InChI=1S/C12H21NO2/c1-4-7-14-9-12-6-5-11(15-12)8-13-10(2)3/h5-6,10,13H,4,7-9H2,1-3H3.